The number of nitro benzene ring substituents is 2. The molecular weight excluding hydrogens is 1100 g/mol. The van der Waals surface area contributed by atoms with Gasteiger partial charge in [-0.3, -0.25) is 29.8 Å². The highest BCUT2D eigenvalue weighted by Gasteiger charge is 2.26. The Labute approximate surface area is 473 Å². The van der Waals surface area contributed by atoms with E-state index < -0.39 is 9.85 Å². The van der Waals surface area contributed by atoms with Crippen molar-refractivity contribution in [2.24, 2.45) is 9.98 Å². The van der Waals surface area contributed by atoms with Crippen molar-refractivity contribution in [2.45, 2.75) is 0 Å². The number of carbonyl (C=O) groups excluding carboxylic acids is 2. The fourth-order valence-electron chi connectivity index (χ4n) is 8.42. The number of fused-ring (bicyclic) bond motifs is 4. The number of nitrogens with one attached hydrogen (secondary N) is 4. The average molecular weight is 1140 g/mol. The number of carbonyl (C=O) groups is 2. The first-order valence-electron chi connectivity index (χ1n) is 24.0. The van der Waals surface area contributed by atoms with Gasteiger partial charge in [-0.25, -0.2) is 29.9 Å². The Morgan fingerprint density at radius 2 is 0.625 bits per heavy atom. The molecule has 396 valence electrons. The fourth-order valence-corrected chi connectivity index (χ4v) is 8.42. The van der Waals surface area contributed by atoms with E-state index in [1.54, 1.807) is 84.9 Å². The minimum atomic E-state index is -0.459. The van der Waals surface area contributed by atoms with Crippen LogP contribution in [-0.2, 0) is 0 Å². The summed E-state index contributed by atoms with van der Waals surface area (Å²) in [5.74, 6) is 0.367. The molecule has 80 heavy (non-hydrogen) atoms. The number of aromatic amines is 4. The normalized spacial score (nSPS) is 11.3. The second-order valence-corrected chi connectivity index (χ2v) is 18.4. The van der Waals surface area contributed by atoms with E-state index in [0.717, 1.165) is 22.1 Å². The van der Waals surface area contributed by atoms with Gasteiger partial charge in [0, 0.05) is 12.1 Å². The molecule has 0 saturated heterocycles. The summed E-state index contributed by atoms with van der Waals surface area (Å²) < 4.78 is 0. The Morgan fingerprint density at radius 3 is 0.938 bits per heavy atom. The van der Waals surface area contributed by atoms with E-state index in [-0.39, 0.29) is 67.8 Å². The molecule has 0 radical (unpaired) electrons. The highest BCUT2D eigenvalue weighted by atomic mass is 35.5. The second-order valence-electron chi connectivity index (χ2n) is 16.8. The smallest absolute Gasteiger partial charge is 0.278 e. The van der Waals surface area contributed by atoms with Gasteiger partial charge in [0.05, 0.1) is 98.3 Å². The number of aliphatic imine (C=N–C) groups is 2. The van der Waals surface area contributed by atoms with Crippen LogP contribution in [0.15, 0.2) is 204 Å². The fraction of sp³-hybridized carbons (Fsp3) is 0.0345. The Balaban J connectivity index is 0.000000176. The topological polar surface area (TPSA) is 260 Å². The minimum absolute atomic E-state index is 0.122. The summed E-state index contributed by atoms with van der Waals surface area (Å²) in [5.41, 5.74) is 7.80. The molecule has 4 aromatic heterocycles. The molecule has 0 amide bonds. The number of halogens is 4. The van der Waals surface area contributed by atoms with Gasteiger partial charge in [-0.15, -0.1) is 46.4 Å². The number of aromatic nitrogens is 8. The first kappa shape index (κ1) is 55.0. The molecule has 8 aromatic carbocycles. The summed E-state index contributed by atoms with van der Waals surface area (Å²) in [4.78, 5) is 90.1. The highest BCUT2D eigenvalue weighted by Crippen LogP contribution is 2.31. The number of benzene rings is 8. The van der Waals surface area contributed by atoms with Crippen LogP contribution in [0, 0.1) is 20.2 Å². The van der Waals surface area contributed by atoms with Crippen molar-refractivity contribution in [1.29, 1.82) is 0 Å². The van der Waals surface area contributed by atoms with Gasteiger partial charge in [0.2, 0.25) is 11.6 Å². The van der Waals surface area contributed by atoms with Gasteiger partial charge < -0.3 is 19.9 Å². The minimum Gasteiger partial charge on any atom is -0.337 e. The van der Waals surface area contributed by atoms with Gasteiger partial charge in [-0.05, 0) is 84.9 Å². The van der Waals surface area contributed by atoms with Crippen LogP contribution in [0.25, 0.3) is 44.1 Å². The van der Waals surface area contributed by atoms with Crippen molar-refractivity contribution in [3.05, 3.63) is 260 Å². The molecule has 0 bridgehead atoms. The summed E-state index contributed by atoms with van der Waals surface area (Å²) in [6, 6.07) is 55.9. The van der Waals surface area contributed by atoms with E-state index >= 15 is 0 Å². The van der Waals surface area contributed by atoms with Crippen molar-refractivity contribution in [2.75, 3.05) is 10.7 Å². The number of hydrogen-bond donors (Lipinski definition) is 4. The molecule has 12 aromatic rings. The number of alkyl halides is 4. The molecule has 4 heterocycles. The number of para-hydroxylation sites is 12. The van der Waals surface area contributed by atoms with Crippen molar-refractivity contribution in [3.63, 3.8) is 0 Å². The molecule has 12 rings (SSSR count). The Hall–Kier alpha value is -9.72. The summed E-state index contributed by atoms with van der Waals surface area (Å²) >= 11 is 19.1. The Bertz CT molecular complexity index is 3900. The quantitative estimate of drug-likeness (QED) is 0.0296. The molecule has 4 N–H and O–H groups in total. The third-order valence-corrected chi connectivity index (χ3v) is 11.9. The molecule has 22 heteroatoms. The van der Waals surface area contributed by atoms with Crippen LogP contribution < -0.4 is 0 Å². The van der Waals surface area contributed by atoms with Crippen molar-refractivity contribution >= 4 is 136 Å². The van der Waals surface area contributed by atoms with E-state index in [1.807, 2.05) is 97.1 Å². The largest absolute Gasteiger partial charge is 0.337 e. The average Bonchev–Trinajstić information content (AvgIpc) is 4.34. The molecule has 0 unspecified atom stereocenters. The summed E-state index contributed by atoms with van der Waals surface area (Å²) in [6.07, 6.45) is 0. The number of nitrogens with zero attached hydrogens (tertiary/aromatic N) is 8. The van der Waals surface area contributed by atoms with Crippen LogP contribution in [0.4, 0.5) is 22.7 Å². The van der Waals surface area contributed by atoms with Gasteiger partial charge in [-0.2, -0.15) is 0 Å². The van der Waals surface area contributed by atoms with Crippen molar-refractivity contribution in [3.8, 4) is 0 Å². The van der Waals surface area contributed by atoms with Crippen LogP contribution >= 0.6 is 46.4 Å². The lowest BCUT2D eigenvalue weighted by molar-refractivity contribution is -0.385. The number of ketones is 2. The lowest BCUT2D eigenvalue weighted by Gasteiger charge is -2.08. The maximum atomic E-state index is 13.5. The van der Waals surface area contributed by atoms with E-state index in [2.05, 4.69) is 39.9 Å². The van der Waals surface area contributed by atoms with Crippen molar-refractivity contribution in [1.82, 2.24) is 39.9 Å². The van der Waals surface area contributed by atoms with Crippen LogP contribution in [-0.4, -0.2) is 83.4 Å². The summed E-state index contributed by atoms with van der Waals surface area (Å²) in [6.45, 7) is 0. The zero-order valence-electron chi connectivity index (χ0n) is 41.4. The predicted octanol–water partition coefficient (Wildman–Crippen LogP) is 14.3. The molecule has 0 fully saturated rings. The number of imidazole rings is 4. The van der Waals surface area contributed by atoms with Crippen LogP contribution in [0.2, 0.25) is 0 Å². The van der Waals surface area contributed by atoms with Gasteiger partial charge in [0.1, 0.15) is 11.4 Å². The van der Waals surface area contributed by atoms with E-state index in [0.29, 0.717) is 56.2 Å². The predicted molar refractivity (Wildman–Crippen MR) is 314 cm³/mol. The zero-order chi connectivity index (χ0) is 56.1. The molecule has 0 aliphatic heterocycles. The molecule has 18 nitrogen and oxygen atoms in total. The second kappa shape index (κ2) is 25.6. The van der Waals surface area contributed by atoms with Crippen LogP contribution in [0.1, 0.15) is 55.1 Å². The number of hydrogen-bond acceptors (Lipinski definition) is 12. The SMILES string of the molecule is ClCCl.ClCCl.O=C(c1nc2ccccc2[nH]1)c1ccccc1N=C(c1nc2ccccc2[nH]1)c1ccccc1[N+](=O)[O-].O=C(c1nc2ccccc2[nH]1)c1ccccc1N=C(c1nc2ccccc2[nH]1)c1ccccc1[N+](=O)[O-]. The van der Waals surface area contributed by atoms with Gasteiger partial charge in [0.25, 0.3) is 11.4 Å². The monoisotopic (exact) mass is 1140 g/mol. The molecule has 0 spiro atoms. The first-order chi connectivity index (χ1) is 39.0. The molecular formula is C58H40Cl4N12O6. The first-order valence-corrected chi connectivity index (χ1v) is 26.1. The number of H-pyrrole nitrogens is 4. The standard InChI is InChI=1S/2C28H18N6O3.2CH2Cl2/c2*35-26(28-32-22-14-6-7-15-23(22)33-28)17-9-1-3-11-19(17)29-25(18-10-2-8-16-24(18)34(36)37)27-30-20-12-4-5-13-21(20)31-27;2*2-1-3/h2*1-16H,(H,30,31)(H,32,33);2*1H2. The lowest BCUT2D eigenvalue weighted by atomic mass is 10.1. The summed E-state index contributed by atoms with van der Waals surface area (Å²) in [5, 5.41) is 24.2. The highest BCUT2D eigenvalue weighted by molar-refractivity contribution is 6.41. The van der Waals surface area contributed by atoms with Crippen LogP contribution in [0.5, 0.6) is 0 Å². The molecule has 0 aliphatic rings. The number of rotatable bonds is 12. The third-order valence-electron chi connectivity index (χ3n) is 11.9. The van der Waals surface area contributed by atoms with Crippen molar-refractivity contribution < 1.29 is 19.4 Å². The van der Waals surface area contributed by atoms with Gasteiger partial charge in [-0.1, -0.05) is 97.1 Å². The molecule has 0 aliphatic carbocycles. The zero-order valence-corrected chi connectivity index (χ0v) is 44.5. The van der Waals surface area contributed by atoms with Gasteiger partial charge >= 0.3 is 0 Å². The Kier molecular flexibility index (Phi) is 17.6. The molecule has 0 saturated carbocycles. The van der Waals surface area contributed by atoms with Crippen LogP contribution in [0.3, 0.4) is 0 Å². The number of nitro groups is 2. The maximum Gasteiger partial charge on any atom is 0.278 e. The molecule has 0 atom stereocenters. The van der Waals surface area contributed by atoms with E-state index in [9.17, 15) is 29.8 Å². The summed E-state index contributed by atoms with van der Waals surface area (Å²) in [7, 11) is 0. The van der Waals surface area contributed by atoms with Gasteiger partial charge in [0.15, 0.2) is 23.3 Å². The lowest BCUT2D eigenvalue weighted by Crippen LogP contribution is -2.10. The van der Waals surface area contributed by atoms with E-state index in [4.69, 9.17) is 56.4 Å². The maximum absolute atomic E-state index is 13.5. The third kappa shape index (κ3) is 12.3. The Morgan fingerprint density at radius 1 is 0.375 bits per heavy atom. The van der Waals surface area contributed by atoms with E-state index in [1.165, 1.54) is 12.1 Å².